The summed E-state index contributed by atoms with van der Waals surface area (Å²) < 4.78 is 24.7. The number of aliphatic hydroxyl groups excluding tert-OH is 2. The van der Waals surface area contributed by atoms with E-state index in [1.54, 1.807) is 43.1 Å². The molecule has 0 aromatic heterocycles. The third-order valence-electron chi connectivity index (χ3n) is 16.4. The van der Waals surface area contributed by atoms with Crippen molar-refractivity contribution in [1.29, 1.82) is 0 Å². The fourth-order valence-electron chi connectivity index (χ4n) is 10.6. The van der Waals surface area contributed by atoms with Gasteiger partial charge < -0.3 is 49.4 Å². The largest absolute Gasteiger partial charge is 0.457 e. The number of hydrogen-bond acceptors (Lipinski definition) is 14. The van der Waals surface area contributed by atoms with Crippen molar-refractivity contribution in [2.45, 2.75) is 187 Å². The molecule has 12 atom stereocenters. The van der Waals surface area contributed by atoms with E-state index < -0.39 is 65.6 Å². The van der Waals surface area contributed by atoms with E-state index in [0.717, 1.165) is 5.56 Å². The molecule has 444 valence electrons. The Balaban J connectivity index is 1.11. The Kier molecular flexibility index (Phi) is 24.0. The number of carbonyl (C=O) groups is 7. The number of epoxide rings is 1. The van der Waals surface area contributed by atoms with Gasteiger partial charge in [0, 0.05) is 74.1 Å². The number of Topliss-reactive ketones (excluding diaryl/α,β-unsaturated/α-hetero) is 1. The number of piperazine rings is 1. The second-order valence-electron chi connectivity index (χ2n) is 23.9. The van der Waals surface area contributed by atoms with Gasteiger partial charge in [-0.2, -0.15) is 0 Å². The Bertz CT molecular complexity index is 2410. The molecule has 19 nitrogen and oxygen atoms in total. The minimum atomic E-state index is -1.20. The molecule has 5 amide bonds. The molecule has 2 fully saturated rings. The molecular weight excluding hydrogens is 1030 g/mol. The molecule has 1 aromatic rings. The van der Waals surface area contributed by atoms with Gasteiger partial charge in [-0.05, 0) is 82.6 Å². The Labute approximate surface area is 473 Å². The quantitative estimate of drug-likeness (QED) is 0.0134. The number of cyclic esters (lactones) is 1. The first-order chi connectivity index (χ1) is 37.7. The number of quaternary nitrogens is 1. The molecule has 0 unspecified atom stereocenters. The molecular formula is C61H92N5O14+. The first kappa shape index (κ1) is 65.2. The Morgan fingerprint density at radius 1 is 1.00 bits per heavy atom. The summed E-state index contributed by atoms with van der Waals surface area (Å²) in [6, 6.07) is 6.81. The zero-order valence-corrected chi connectivity index (χ0v) is 49.2. The molecule has 1 aromatic carbocycles. The molecule has 2 saturated heterocycles. The van der Waals surface area contributed by atoms with Crippen LogP contribution in [0, 0.1) is 23.7 Å². The number of esters is 1. The molecule has 4 aliphatic rings. The topological polar surface area (TPSA) is 251 Å². The monoisotopic (exact) mass is 1120 g/mol. The molecule has 0 saturated carbocycles. The van der Waals surface area contributed by atoms with Gasteiger partial charge in [-0.1, -0.05) is 84.4 Å². The summed E-state index contributed by atoms with van der Waals surface area (Å²) in [6.07, 6.45) is 10.5. The number of allylic oxidation sites excluding steroid dienone is 2. The van der Waals surface area contributed by atoms with Crippen LogP contribution >= 0.6 is 0 Å². The smallest absolute Gasteiger partial charge is 0.410 e. The number of nitrogens with zero attached hydrogens (tertiary/aromatic N) is 3. The van der Waals surface area contributed by atoms with Gasteiger partial charge in [0.1, 0.15) is 18.2 Å². The lowest BCUT2D eigenvalue weighted by Crippen LogP contribution is -2.58. The normalized spacial score (nSPS) is 27.3. The number of hydrogen-bond donors (Lipinski definition) is 5. The first-order valence-corrected chi connectivity index (χ1v) is 28.7. The van der Waals surface area contributed by atoms with Crippen molar-refractivity contribution in [2.24, 2.45) is 23.7 Å². The van der Waals surface area contributed by atoms with E-state index in [1.807, 2.05) is 78.8 Å². The Morgan fingerprint density at radius 3 is 2.29 bits per heavy atom. The van der Waals surface area contributed by atoms with Crippen LogP contribution in [0.2, 0.25) is 0 Å². The van der Waals surface area contributed by atoms with Gasteiger partial charge in [0.25, 0.3) is 11.8 Å². The molecule has 4 aliphatic heterocycles. The van der Waals surface area contributed by atoms with Crippen LogP contribution in [0.1, 0.15) is 132 Å². The summed E-state index contributed by atoms with van der Waals surface area (Å²) in [7, 11) is 3.67. The van der Waals surface area contributed by atoms with Crippen LogP contribution in [0.3, 0.4) is 0 Å². The number of imide groups is 1. The molecule has 5 rings (SSSR count). The number of unbranched alkanes of at least 4 members (excludes halogenated alkanes) is 2. The van der Waals surface area contributed by atoms with E-state index in [-0.39, 0.29) is 85.6 Å². The van der Waals surface area contributed by atoms with Crippen LogP contribution in [-0.2, 0) is 54.3 Å². The molecule has 19 heteroatoms. The van der Waals surface area contributed by atoms with Gasteiger partial charge in [-0.3, -0.25) is 38.6 Å². The molecule has 0 radical (unpaired) electrons. The lowest BCUT2D eigenvalue weighted by atomic mass is 9.88. The lowest BCUT2D eigenvalue weighted by Gasteiger charge is -2.42. The standard InChI is InChI=1S/C61H91N5O14/c1-12-47(68)43(7)57-49(78-57)37-60(8,76)28-16-17-40(4)56-41(5)19-24-50(61(9,77-11)29-27-46(67)36-54(73)80-56)79-59(75)64-31-33-66(10,34-32-64)38-44-20-22-45(23-21-44)62-58(74)42(6)35-48(69)55(39(2)3)63-51(70)18-14-13-15-30-65-52(71)25-26-53(65)72/h16-17,19-26,28,39,41-43,46-47,49-50,55-57,67-68,76H,12-15,18,27,29-38H2,1-11H3,(H-,62,63,70,74)/p+1/b24-19+,28-16+,40-17+/t41-,42+,43+,46+,47-,49+,50-,55-,56+,57+,60-,61+/m0/s1. The minimum Gasteiger partial charge on any atom is -0.457 e. The van der Waals surface area contributed by atoms with Gasteiger partial charge in [0.15, 0.2) is 11.9 Å². The SMILES string of the molecule is CC[C@H](O)[C@@H](C)[C@H]1O[C@@H]1C[C@@](C)(O)/C=C/C=C(\C)[C@H]1OC(=O)C[C@H](O)CC[C@@](C)(OC)[C@@H](OC(=O)N2CC[N+](C)(Cc3ccc(NC(=O)[C@H](C)CC(=O)[C@@H](NC(=O)CCCCCN4C(=O)C=CC4=O)C(C)C)cc3)CC2)/C=C/[C@@H]1C. The van der Waals surface area contributed by atoms with Crippen LogP contribution in [0.5, 0.6) is 0 Å². The predicted octanol–water partition coefficient (Wildman–Crippen LogP) is 6.49. The fraction of sp³-hybridized carbons (Fsp3) is 0.656. The molecule has 5 N–H and O–H groups in total. The van der Waals surface area contributed by atoms with Crippen molar-refractivity contribution >= 4 is 47.2 Å². The summed E-state index contributed by atoms with van der Waals surface area (Å²) in [5.74, 6) is -3.33. The average molecular weight is 1120 g/mol. The molecule has 0 aliphatic carbocycles. The number of aliphatic hydroxyl groups is 3. The van der Waals surface area contributed by atoms with Gasteiger partial charge in [-0.25, -0.2) is 4.79 Å². The van der Waals surface area contributed by atoms with E-state index in [9.17, 15) is 48.9 Å². The van der Waals surface area contributed by atoms with Crippen molar-refractivity contribution in [1.82, 2.24) is 15.1 Å². The van der Waals surface area contributed by atoms with Crippen LogP contribution < -0.4 is 10.6 Å². The van der Waals surface area contributed by atoms with Gasteiger partial charge in [0.05, 0.1) is 75.7 Å². The number of nitrogens with one attached hydrogen (secondary N) is 2. The number of ether oxygens (including phenoxy) is 4. The second kappa shape index (κ2) is 29.4. The number of anilines is 1. The highest BCUT2D eigenvalue weighted by Gasteiger charge is 2.47. The third-order valence-corrected chi connectivity index (χ3v) is 16.4. The highest BCUT2D eigenvalue weighted by atomic mass is 16.6. The summed E-state index contributed by atoms with van der Waals surface area (Å²) in [5.41, 5.74) is 0.0646. The van der Waals surface area contributed by atoms with Crippen LogP contribution in [-0.4, -0.2) is 172 Å². The van der Waals surface area contributed by atoms with Crippen molar-refractivity contribution in [3.8, 4) is 0 Å². The highest BCUT2D eigenvalue weighted by molar-refractivity contribution is 6.12. The van der Waals surface area contributed by atoms with Crippen LogP contribution in [0.15, 0.2) is 72.4 Å². The van der Waals surface area contributed by atoms with Crippen molar-refractivity contribution in [2.75, 3.05) is 52.2 Å². The van der Waals surface area contributed by atoms with Crippen molar-refractivity contribution in [3.05, 3.63) is 77.9 Å². The maximum absolute atomic E-state index is 14.0. The number of likely N-dealkylation sites (N-methyl/N-ethyl adjacent to an activating group) is 1. The number of amides is 5. The Hall–Kier alpha value is -5.57. The fourth-order valence-corrected chi connectivity index (χ4v) is 10.6. The van der Waals surface area contributed by atoms with E-state index in [2.05, 4.69) is 17.7 Å². The van der Waals surface area contributed by atoms with Crippen molar-refractivity contribution in [3.63, 3.8) is 0 Å². The zero-order valence-electron chi connectivity index (χ0n) is 49.2. The first-order valence-electron chi connectivity index (χ1n) is 28.7. The number of methoxy groups -OCH3 is 1. The van der Waals surface area contributed by atoms with Gasteiger partial charge in [-0.15, -0.1) is 0 Å². The average Bonchev–Trinajstić information content (AvgIpc) is 4.10. The van der Waals surface area contributed by atoms with Gasteiger partial charge >= 0.3 is 12.1 Å². The maximum Gasteiger partial charge on any atom is 0.410 e. The van der Waals surface area contributed by atoms with Crippen LogP contribution in [0.25, 0.3) is 0 Å². The predicted molar refractivity (Wildman–Crippen MR) is 302 cm³/mol. The number of rotatable bonds is 25. The highest BCUT2D eigenvalue weighted by Crippen LogP contribution is 2.38. The molecule has 4 heterocycles. The number of carbonyl (C=O) groups excluding carboxylic acids is 7. The summed E-state index contributed by atoms with van der Waals surface area (Å²) in [4.78, 5) is 93.1. The van der Waals surface area contributed by atoms with E-state index in [1.165, 1.54) is 24.2 Å². The molecule has 0 bridgehead atoms. The van der Waals surface area contributed by atoms with E-state index in [4.69, 9.17) is 18.9 Å². The summed E-state index contributed by atoms with van der Waals surface area (Å²) >= 11 is 0. The second-order valence-corrected chi connectivity index (χ2v) is 23.9. The molecule has 80 heavy (non-hydrogen) atoms. The van der Waals surface area contributed by atoms with Gasteiger partial charge in [0.2, 0.25) is 11.8 Å². The van der Waals surface area contributed by atoms with E-state index in [0.29, 0.717) is 87.1 Å². The number of benzene rings is 1. The van der Waals surface area contributed by atoms with Crippen LogP contribution in [0.4, 0.5) is 10.5 Å². The third kappa shape index (κ3) is 19.3. The summed E-state index contributed by atoms with van der Waals surface area (Å²) in [6.45, 7) is 19.6. The summed E-state index contributed by atoms with van der Waals surface area (Å²) in [5, 5.41) is 38.2. The number of ketones is 1. The lowest BCUT2D eigenvalue weighted by molar-refractivity contribution is -0.926. The van der Waals surface area contributed by atoms with Crippen molar-refractivity contribution < 1.29 is 72.3 Å². The Morgan fingerprint density at radius 2 is 1.66 bits per heavy atom. The maximum atomic E-state index is 14.0. The zero-order chi connectivity index (χ0) is 59.1. The molecule has 0 spiro atoms. The van der Waals surface area contributed by atoms with E-state index >= 15 is 0 Å². The minimum absolute atomic E-state index is 0.0408.